The SMILES string of the molecule is CCCC(C)CC(=O)Cc1ccc(OC)nc1. The van der Waals surface area contributed by atoms with E-state index >= 15 is 0 Å². The van der Waals surface area contributed by atoms with Crippen molar-refractivity contribution in [2.75, 3.05) is 7.11 Å². The second-order valence-corrected chi connectivity index (χ2v) is 4.52. The molecular formula is C14H21NO2. The number of pyridine rings is 1. The molecule has 3 heteroatoms. The van der Waals surface area contributed by atoms with E-state index in [0.29, 0.717) is 24.6 Å². The van der Waals surface area contributed by atoms with Gasteiger partial charge in [0.2, 0.25) is 5.88 Å². The summed E-state index contributed by atoms with van der Waals surface area (Å²) < 4.78 is 4.97. The van der Waals surface area contributed by atoms with Gasteiger partial charge in [-0.15, -0.1) is 0 Å². The van der Waals surface area contributed by atoms with Gasteiger partial charge in [0, 0.05) is 25.1 Å². The normalized spacial score (nSPS) is 12.2. The summed E-state index contributed by atoms with van der Waals surface area (Å²) in [7, 11) is 1.58. The Bertz CT molecular complexity index is 346. The van der Waals surface area contributed by atoms with E-state index in [1.54, 1.807) is 19.4 Å². The number of aromatic nitrogens is 1. The monoisotopic (exact) mass is 235 g/mol. The first-order valence-electron chi connectivity index (χ1n) is 6.16. The third-order valence-electron chi connectivity index (χ3n) is 2.77. The van der Waals surface area contributed by atoms with Gasteiger partial charge < -0.3 is 4.74 Å². The summed E-state index contributed by atoms with van der Waals surface area (Å²) >= 11 is 0. The summed E-state index contributed by atoms with van der Waals surface area (Å²) in [5.41, 5.74) is 0.958. The molecule has 1 rings (SSSR count). The molecule has 1 unspecified atom stereocenters. The molecule has 17 heavy (non-hydrogen) atoms. The molecule has 1 heterocycles. The first-order valence-corrected chi connectivity index (χ1v) is 6.16. The Kier molecular flexibility index (Phi) is 5.67. The van der Waals surface area contributed by atoms with Gasteiger partial charge in [-0.25, -0.2) is 4.98 Å². The van der Waals surface area contributed by atoms with Crippen LogP contribution >= 0.6 is 0 Å². The minimum Gasteiger partial charge on any atom is -0.481 e. The lowest BCUT2D eigenvalue weighted by molar-refractivity contribution is -0.119. The number of methoxy groups -OCH3 is 1. The molecule has 0 radical (unpaired) electrons. The zero-order valence-corrected chi connectivity index (χ0v) is 10.9. The van der Waals surface area contributed by atoms with Crippen molar-refractivity contribution in [3.63, 3.8) is 0 Å². The summed E-state index contributed by atoms with van der Waals surface area (Å²) in [6.45, 7) is 4.28. The zero-order valence-electron chi connectivity index (χ0n) is 10.9. The highest BCUT2D eigenvalue weighted by atomic mass is 16.5. The number of nitrogens with zero attached hydrogens (tertiary/aromatic N) is 1. The van der Waals surface area contributed by atoms with Crippen molar-refractivity contribution in [3.8, 4) is 5.88 Å². The van der Waals surface area contributed by atoms with Gasteiger partial charge in [-0.2, -0.15) is 0 Å². The van der Waals surface area contributed by atoms with E-state index in [0.717, 1.165) is 18.4 Å². The fourth-order valence-corrected chi connectivity index (χ4v) is 1.92. The van der Waals surface area contributed by atoms with Crippen LogP contribution < -0.4 is 4.74 Å². The molecule has 94 valence electrons. The van der Waals surface area contributed by atoms with E-state index in [2.05, 4.69) is 18.8 Å². The molecule has 0 N–H and O–H groups in total. The Balaban J connectivity index is 2.44. The molecule has 0 spiro atoms. The van der Waals surface area contributed by atoms with Crippen molar-refractivity contribution in [1.82, 2.24) is 4.98 Å². The topological polar surface area (TPSA) is 39.2 Å². The Morgan fingerprint density at radius 3 is 2.76 bits per heavy atom. The molecule has 1 aromatic heterocycles. The largest absolute Gasteiger partial charge is 0.481 e. The van der Waals surface area contributed by atoms with Crippen molar-refractivity contribution in [2.45, 2.75) is 39.5 Å². The maximum atomic E-state index is 11.8. The maximum Gasteiger partial charge on any atom is 0.212 e. The number of rotatable bonds is 7. The Labute approximate surface area is 103 Å². The smallest absolute Gasteiger partial charge is 0.212 e. The number of Topliss-reactive ketones (excluding diaryl/α,β-unsaturated/α-hetero) is 1. The van der Waals surface area contributed by atoms with E-state index in [4.69, 9.17) is 4.74 Å². The highest BCUT2D eigenvalue weighted by molar-refractivity contribution is 5.80. The second kappa shape index (κ2) is 7.05. The highest BCUT2D eigenvalue weighted by Crippen LogP contribution is 2.13. The van der Waals surface area contributed by atoms with Crippen LogP contribution in [0.1, 0.15) is 38.7 Å². The molecule has 0 aliphatic carbocycles. The summed E-state index contributed by atoms with van der Waals surface area (Å²) in [5, 5.41) is 0. The lowest BCUT2D eigenvalue weighted by Crippen LogP contribution is -2.08. The molecule has 0 amide bonds. The van der Waals surface area contributed by atoms with Gasteiger partial charge in [-0.1, -0.05) is 32.8 Å². The third kappa shape index (κ3) is 4.98. The maximum absolute atomic E-state index is 11.8. The van der Waals surface area contributed by atoms with E-state index in [-0.39, 0.29) is 5.78 Å². The summed E-state index contributed by atoms with van der Waals surface area (Å²) in [6.07, 6.45) is 5.11. The van der Waals surface area contributed by atoms with Crippen molar-refractivity contribution in [2.24, 2.45) is 5.92 Å². The van der Waals surface area contributed by atoms with Crippen LogP contribution in [-0.2, 0) is 11.2 Å². The van der Waals surface area contributed by atoms with Crippen molar-refractivity contribution in [3.05, 3.63) is 23.9 Å². The first-order chi connectivity index (χ1) is 8.15. The fraction of sp³-hybridized carbons (Fsp3) is 0.571. The van der Waals surface area contributed by atoms with Crippen LogP contribution in [0, 0.1) is 5.92 Å². The van der Waals surface area contributed by atoms with E-state index in [1.807, 2.05) is 6.07 Å². The zero-order chi connectivity index (χ0) is 12.7. The number of hydrogen-bond donors (Lipinski definition) is 0. The predicted octanol–water partition coefficient (Wildman–Crippen LogP) is 3.03. The standard InChI is InChI=1S/C14H21NO2/c1-4-5-11(2)8-13(16)9-12-6-7-14(17-3)15-10-12/h6-7,10-11H,4-5,8-9H2,1-3H3. The number of carbonyl (C=O) groups excluding carboxylic acids is 1. The molecular weight excluding hydrogens is 214 g/mol. The predicted molar refractivity (Wildman–Crippen MR) is 68.2 cm³/mol. The molecule has 1 atom stereocenters. The van der Waals surface area contributed by atoms with Gasteiger partial charge in [-0.3, -0.25) is 4.79 Å². The molecule has 0 aliphatic heterocycles. The summed E-state index contributed by atoms with van der Waals surface area (Å²) in [6, 6.07) is 3.69. The van der Waals surface area contributed by atoms with E-state index in [9.17, 15) is 4.79 Å². The number of ether oxygens (including phenoxy) is 1. The number of hydrogen-bond acceptors (Lipinski definition) is 3. The summed E-state index contributed by atoms with van der Waals surface area (Å²) in [4.78, 5) is 15.9. The van der Waals surface area contributed by atoms with Crippen LogP contribution in [0.5, 0.6) is 5.88 Å². The van der Waals surface area contributed by atoms with E-state index in [1.165, 1.54) is 0 Å². The summed E-state index contributed by atoms with van der Waals surface area (Å²) in [5.74, 6) is 1.36. The van der Waals surface area contributed by atoms with Crippen LogP contribution in [-0.4, -0.2) is 17.9 Å². The molecule has 0 bridgehead atoms. The van der Waals surface area contributed by atoms with Crippen molar-refractivity contribution < 1.29 is 9.53 Å². The van der Waals surface area contributed by atoms with Gasteiger partial charge >= 0.3 is 0 Å². The van der Waals surface area contributed by atoms with Gasteiger partial charge in [-0.05, 0) is 11.5 Å². The fourth-order valence-electron chi connectivity index (χ4n) is 1.92. The molecule has 1 aromatic rings. The van der Waals surface area contributed by atoms with Crippen LogP contribution in [0.15, 0.2) is 18.3 Å². The highest BCUT2D eigenvalue weighted by Gasteiger charge is 2.09. The third-order valence-corrected chi connectivity index (χ3v) is 2.77. The lowest BCUT2D eigenvalue weighted by Gasteiger charge is -2.08. The number of ketones is 1. The molecule has 0 aliphatic rings. The van der Waals surface area contributed by atoms with Crippen LogP contribution in [0.3, 0.4) is 0 Å². The Morgan fingerprint density at radius 2 is 2.24 bits per heavy atom. The molecule has 0 fully saturated rings. The quantitative estimate of drug-likeness (QED) is 0.729. The average molecular weight is 235 g/mol. The van der Waals surface area contributed by atoms with Crippen molar-refractivity contribution in [1.29, 1.82) is 0 Å². The molecule has 3 nitrogen and oxygen atoms in total. The molecule has 0 saturated heterocycles. The van der Waals surface area contributed by atoms with Crippen molar-refractivity contribution >= 4 is 5.78 Å². The van der Waals surface area contributed by atoms with Crippen LogP contribution in [0.2, 0.25) is 0 Å². The Morgan fingerprint density at radius 1 is 1.47 bits per heavy atom. The second-order valence-electron chi connectivity index (χ2n) is 4.52. The Hall–Kier alpha value is -1.38. The average Bonchev–Trinajstić information content (AvgIpc) is 2.30. The number of carbonyl (C=O) groups is 1. The lowest BCUT2D eigenvalue weighted by atomic mass is 9.97. The van der Waals surface area contributed by atoms with Crippen LogP contribution in [0.25, 0.3) is 0 Å². The van der Waals surface area contributed by atoms with Gasteiger partial charge in [0.1, 0.15) is 5.78 Å². The van der Waals surface area contributed by atoms with Crippen LogP contribution in [0.4, 0.5) is 0 Å². The molecule has 0 saturated carbocycles. The minimum absolute atomic E-state index is 0.290. The van der Waals surface area contributed by atoms with Gasteiger partial charge in [0.25, 0.3) is 0 Å². The first kappa shape index (κ1) is 13.7. The molecule has 0 aromatic carbocycles. The van der Waals surface area contributed by atoms with Gasteiger partial charge in [0.15, 0.2) is 0 Å². The minimum atomic E-state index is 0.290. The van der Waals surface area contributed by atoms with Gasteiger partial charge in [0.05, 0.1) is 7.11 Å². The van der Waals surface area contributed by atoms with E-state index < -0.39 is 0 Å².